The van der Waals surface area contributed by atoms with Crippen LogP contribution in [0, 0.1) is 6.92 Å². The topological polar surface area (TPSA) is 34.0 Å². The van der Waals surface area contributed by atoms with Crippen molar-refractivity contribution in [2.24, 2.45) is 0 Å². The number of halogens is 1. The smallest absolute Gasteiger partial charge is 0.260 e. The van der Waals surface area contributed by atoms with E-state index in [9.17, 15) is 4.79 Å². The number of carbonyl (C=O) groups is 1. The van der Waals surface area contributed by atoms with Gasteiger partial charge in [0.2, 0.25) is 0 Å². The number of piperazine rings is 1. The van der Waals surface area contributed by atoms with Crippen LogP contribution >= 0.6 is 15.9 Å². The van der Waals surface area contributed by atoms with Gasteiger partial charge in [0.15, 0.2) is 6.61 Å². The summed E-state index contributed by atoms with van der Waals surface area (Å²) >= 11 is 3.48. The van der Waals surface area contributed by atoms with E-state index in [1.54, 1.807) is 0 Å². The van der Waals surface area contributed by atoms with Gasteiger partial charge in [-0.3, -0.25) is 4.79 Å². The Bertz CT molecular complexity index is 713. The first-order valence-electron chi connectivity index (χ1n) is 8.66. The monoisotopic (exact) mass is 403 g/mol. The number of benzene rings is 2. The number of quaternary nitrogens is 1. The summed E-state index contributed by atoms with van der Waals surface area (Å²) < 4.78 is 6.57. The van der Waals surface area contributed by atoms with E-state index >= 15 is 0 Å². The summed E-state index contributed by atoms with van der Waals surface area (Å²) in [6.45, 7) is 6.69. The van der Waals surface area contributed by atoms with E-state index in [4.69, 9.17) is 4.74 Å². The summed E-state index contributed by atoms with van der Waals surface area (Å²) in [7, 11) is 0. The van der Waals surface area contributed by atoms with Crippen LogP contribution in [0.15, 0.2) is 53.0 Å². The van der Waals surface area contributed by atoms with Crippen molar-refractivity contribution in [3.05, 3.63) is 64.1 Å². The highest BCUT2D eigenvalue weighted by Crippen LogP contribution is 2.25. The highest BCUT2D eigenvalue weighted by molar-refractivity contribution is 9.10. The fourth-order valence-electron chi connectivity index (χ4n) is 3.09. The molecule has 0 aliphatic carbocycles. The molecule has 1 amide bonds. The first-order chi connectivity index (χ1) is 12.1. The maximum absolute atomic E-state index is 12.4. The number of rotatable bonds is 5. The van der Waals surface area contributed by atoms with Gasteiger partial charge < -0.3 is 14.5 Å². The zero-order valence-electron chi connectivity index (χ0n) is 14.5. The molecule has 25 heavy (non-hydrogen) atoms. The maximum Gasteiger partial charge on any atom is 0.260 e. The molecule has 0 unspecified atom stereocenters. The highest BCUT2D eigenvalue weighted by Gasteiger charge is 2.24. The van der Waals surface area contributed by atoms with Gasteiger partial charge in [-0.25, -0.2) is 0 Å². The fraction of sp³-hybridized carbons (Fsp3) is 0.350. The molecule has 0 bridgehead atoms. The van der Waals surface area contributed by atoms with Gasteiger partial charge in [-0.05, 0) is 40.5 Å². The maximum atomic E-state index is 12.4. The van der Waals surface area contributed by atoms with E-state index in [2.05, 4.69) is 40.2 Å². The minimum atomic E-state index is 0.0613. The Hall–Kier alpha value is -1.85. The highest BCUT2D eigenvalue weighted by atomic mass is 79.9. The zero-order valence-corrected chi connectivity index (χ0v) is 16.1. The minimum absolute atomic E-state index is 0.0613. The van der Waals surface area contributed by atoms with E-state index in [-0.39, 0.29) is 12.5 Å². The molecule has 132 valence electrons. The lowest BCUT2D eigenvalue weighted by molar-refractivity contribution is -0.917. The summed E-state index contributed by atoms with van der Waals surface area (Å²) in [5.74, 6) is 0.776. The molecule has 0 radical (unpaired) electrons. The average Bonchev–Trinajstić information content (AvgIpc) is 2.62. The molecule has 3 rings (SSSR count). The van der Waals surface area contributed by atoms with Gasteiger partial charge in [-0.15, -0.1) is 0 Å². The Morgan fingerprint density at radius 1 is 1.16 bits per heavy atom. The van der Waals surface area contributed by atoms with Gasteiger partial charge in [0.25, 0.3) is 5.91 Å². The quantitative estimate of drug-likeness (QED) is 0.828. The van der Waals surface area contributed by atoms with Gasteiger partial charge in [-0.1, -0.05) is 36.4 Å². The van der Waals surface area contributed by atoms with E-state index in [1.165, 1.54) is 10.5 Å². The molecular weight excluding hydrogens is 380 g/mol. The van der Waals surface area contributed by atoms with Crippen LogP contribution < -0.4 is 9.64 Å². The van der Waals surface area contributed by atoms with Crippen LogP contribution in [-0.2, 0) is 11.3 Å². The van der Waals surface area contributed by atoms with Crippen molar-refractivity contribution >= 4 is 21.8 Å². The normalized spacial score (nSPS) is 15.2. The Labute approximate surface area is 157 Å². The summed E-state index contributed by atoms with van der Waals surface area (Å²) in [5, 5.41) is 0. The Balaban J connectivity index is 1.45. The van der Waals surface area contributed by atoms with Gasteiger partial charge in [0.1, 0.15) is 12.3 Å². The van der Waals surface area contributed by atoms with E-state index in [1.807, 2.05) is 36.1 Å². The summed E-state index contributed by atoms with van der Waals surface area (Å²) in [5.41, 5.74) is 2.51. The van der Waals surface area contributed by atoms with Crippen LogP contribution in [-0.4, -0.2) is 43.6 Å². The summed E-state index contributed by atoms with van der Waals surface area (Å²) in [6.07, 6.45) is 0. The van der Waals surface area contributed by atoms with Crippen LogP contribution in [0.1, 0.15) is 11.1 Å². The van der Waals surface area contributed by atoms with Gasteiger partial charge >= 0.3 is 0 Å². The molecule has 0 spiro atoms. The van der Waals surface area contributed by atoms with Crippen molar-refractivity contribution in [2.75, 3.05) is 32.8 Å². The second kappa shape index (κ2) is 8.50. The minimum Gasteiger partial charge on any atom is -0.483 e. The van der Waals surface area contributed by atoms with Gasteiger partial charge in [-0.2, -0.15) is 0 Å². The SMILES string of the molecule is Cc1ccc(OCC(=O)N2CC[NH+](Cc3ccccc3)CC2)c(Br)c1. The van der Waals surface area contributed by atoms with Crippen molar-refractivity contribution in [3.8, 4) is 5.75 Å². The van der Waals surface area contributed by atoms with Crippen LogP contribution in [0.2, 0.25) is 0 Å². The molecule has 2 aromatic carbocycles. The number of nitrogens with one attached hydrogen (secondary N) is 1. The fourth-order valence-corrected chi connectivity index (χ4v) is 3.70. The van der Waals surface area contributed by atoms with E-state index in [0.29, 0.717) is 5.75 Å². The molecule has 1 N–H and O–H groups in total. The Morgan fingerprint density at radius 2 is 1.88 bits per heavy atom. The average molecular weight is 404 g/mol. The number of amides is 1. The molecule has 1 aliphatic rings. The molecule has 4 nitrogen and oxygen atoms in total. The van der Waals surface area contributed by atoms with Crippen LogP contribution in [0.5, 0.6) is 5.75 Å². The summed E-state index contributed by atoms with van der Waals surface area (Å²) in [6, 6.07) is 16.4. The number of carbonyl (C=O) groups excluding carboxylic acids is 1. The number of hydrogen-bond donors (Lipinski definition) is 1. The third-order valence-electron chi connectivity index (χ3n) is 4.56. The lowest BCUT2D eigenvalue weighted by Gasteiger charge is -2.32. The van der Waals surface area contributed by atoms with Crippen LogP contribution in [0.25, 0.3) is 0 Å². The molecule has 1 fully saturated rings. The van der Waals surface area contributed by atoms with Crippen molar-refractivity contribution < 1.29 is 14.4 Å². The molecule has 1 aliphatic heterocycles. The van der Waals surface area contributed by atoms with E-state index < -0.39 is 0 Å². The number of hydrogen-bond acceptors (Lipinski definition) is 2. The molecule has 2 aromatic rings. The van der Waals surface area contributed by atoms with Crippen LogP contribution in [0.4, 0.5) is 0 Å². The molecule has 5 heteroatoms. The standard InChI is InChI=1S/C20H23BrN2O2/c1-16-7-8-19(18(21)13-16)25-15-20(24)23-11-9-22(10-12-23)14-17-5-3-2-4-6-17/h2-8,13H,9-12,14-15H2,1H3/p+1. The molecule has 0 aromatic heterocycles. The van der Waals surface area contributed by atoms with Gasteiger partial charge in [0.05, 0.1) is 30.7 Å². The first-order valence-corrected chi connectivity index (χ1v) is 9.45. The second-order valence-electron chi connectivity index (χ2n) is 6.52. The molecule has 0 atom stereocenters. The lowest BCUT2D eigenvalue weighted by Crippen LogP contribution is -3.13. The van der Waals surface area contributed by atoms with E-state index in [0.717, 1.165) is 42.8 Å². The molecule has 1 saturated heterocycles. The van der Waals surface area contributed by atoms with Gasteiger partial charge in [0, 0.05) is 5.56 Å². The number of nitrogens with zero attached hydrogens (tertiary/aromatic N) is 1. The predicted molar refractivity (Wildman–Crippen MR) is 102 cm³/mol. The molecule has 0 saturated carbocycles. The predicted octanol–water partition coefficient (Wildman–Crippen LogP) is 2.06. The first kappa shape index (κ1) is 18.0. The second-order valence-corrected chi connectivity index (χ2v) is 7.37. The Kier molecular flexibility index (Phi) is 6.10. The molecular formula is C20H24BrN2O2+. The largest absolute Gasteiger partial charge is 0.483 e. The number of aryl methyl sites for hydroxylation is 1. The van der Waals surface area contributed by atoms with Crippen molar-refractivity contribution in [3.63, 3.8) is 0 Å². The number of ether oxygens (including phenoxy) is 1. The third kappa shape index (κ3) is 5.06. The van der Waals surface area contributed by atoms with Crippen molar-refractivity contribution in [2.45, 2.75) is 13.5 Å². The van der Waals surface area contributed by atoms with Crippen molar-refractivity contribution in [1.82, 2.24) is 4.90 Å². The Morgan fingerprint density at radius 3 is 2.56 bits per heavy atom. The lowest BCUT2D eigenvalue weighted by atomic mass is 10.2. The third-order valence-corrected chi connectivity index (χ3v) is 5.18. The zero-order chi connectivity index (χ0) is 17.6. The van der Waals surface area contributed by atoms with Crippen molar-refractivity contribution in [1.29, 1.82) is 0 Å². The van der Waals surface area contributed by atoms with Crippen LogP contribution in [0.3, 0.4) is 0 Å². The molecule has 1 heterocycles. The summed E-state index contributed by atoms with van der Waals surface area (Å²) in [4.78, 5) is 15.8.